The van der Waals surface area contributed by atoms with E-state index in [4.69, 9.17) is 0 Å². The summed E-state index contributed by atoms with van der Waals surface area (Å²) in [5.74, 6) is 3.72. The Morgan fingerprint density at radius 3 is 2.07 bits per heavy atom. The van der Waals surface area contributed by atoms with E-state index >= 15 is 0 Å². The minimum atomic E-state index is -4.02. The van der Waals surface area contributed by atoms with E-state index in [1.807, 2.05) is 13.8 Å². The first-order valence-corrected chi connectivity index (χ1v) is 13.2. The van der Waals surface area contributed by atoms with E-state index in [9.17, 15) is 13.2 Å². The van der Waals surface area contributed by atoms with Crippen molar-refractivity contribution in [3.63, 3.8) is 0 Å². The molecule has 0 nitrogen and oxygen atoms in total. The summed E-state index contributed by atoms with van der Waals surface area (Å²) >= 11 is 0. The Balaban J connectivity index is 0.00000124. The van der Waals surface area contributed by atoms with Crippen molar-refractivity contribution in [2.75, 3.05) is 0 Å². The molecule has 0 aromatic heterocycles. The van der Waals surface area contributed by atoms with Crippen LogP contribution >= 0.6 is 0 Å². The number of hydrogen-bond donors (Lipinski definition) is 0. The van der Waals surface area contributed by atoms with Crippen LogP contribution in [0.1, 0.15) is 118 Å². The molecule has 3 heteroatoms. The van der Waals surface area contributed by atoms with Gasteiger partial charge in [-0.05, 0) is 97.7 Å². The highest BCUT2D eigenvalue weighted by Gasteiger charge is 2.59. The van der Waals surface area contributed by atoms with E-state index < -0.39 is 12.6 Å². The van der Waals surface area contributed by atoms with Crippen LogP contribution in [0.4, 0.5) is 13.2 Å². The van der Waals surface area contributed by atoms with Gasteiger partial charge >= 0.3 is 6.18 Å². The maximum Gasteiger partial charge on any atom is 0.389 e. The van der Waals surface area contributed by atoms with Crippen molar-refractivity contribution in [1.82, 2.24) is 0 Å². The second-order valence-corrected chi connectivity index (χ2v) is 11.6. The number of hydrogen-bond acceptors (Lipinski definition) is 0. The average Bonchev–Trinajstić information content (AvgIpc) is 3.45. The van der Waals surface area contributed by atoms with Crippen molar-refractivity contribution < 1.29 is 13.2 Å². The fourth-order valence-electron chi connectivity index (χ4n) is 8.50. The highest BCUT2D eigenvalue weighted by molar-refractivity contribution is 5.08. The zero-order valence-corrected chi connectivity index (χ0v) is 20.3. The molecule has 0 saturated heterocycles. The molecule has 7 atom stereocenters. The molecule has 0 aromatic carbocycles. The fourth-order valence-corrected chi connectivity index (χ4v) is 8.50. The van der Waals surface area contributed by atoms with Crippen molar-refractivity contribution in [3.8, 4) is 0 Å². The monoisotopic (exact) mass is 428 g/mol. The molecule has 0 amide bonds. The minimum Gasteiger partial charge on any atom is -0.171 e. The Labute approximate surface area is 184 Å². The van der Waals surface area contributed by atoms with Crippen molar-refractivity contribution in [1.29, 1.82) is 0 Å². The van der Waals surface area contributed by atoms with Crippen molar-refractivity contribution in [2.24, 2.45) is 46.3 Å². The second-order valence-electron chi connectivity index (χ2n) is 11.6. The lowest BCUT2D eigenvalue weighted by Crippen LogP contribution is -2.52. The lowest BCUT2D eigenvalue weighted by Gasteiger charge is -2.59. The van der Waals surface area contributed by atoms with E-state index in [1.54, 1.807) is 0 Å². The van der Waals surface area contributed by atoms with Gasteiger partial charge in [0.1, 0.15) is 0 Å². The molecule has 4 saturated carbocycles. The predicted molar refractivity (Wildman–Crippen MR) is 120 cm³/mol. The molecule has 0 bridgehead atoms. The van der Waals surface area contributed by atoms with Gasteiger partial charge in [-0.3, -0.25) is 0 Å². The summed E-state index contributed by atoms with van der Waals surface area (Å²) in [5, 5.41) is 0. The van der Waals surface area contributed by atoms with Crippen LogP contribution < -0.4 is 0 Å². The van der Waals surface area contributed by atoms with Gasteiger partial charge < -0.3 is 0 Å². The van der Waals surface area contributed by atoms with Crippen LogP contribution in [0.5, 0.6) is 0 Å². The molecule has 0 N–H and O–H groups in total. The highest BCUT2D eigenvalue weighted by Crippen LogP contribution is 2.67. The molecule has 0 radical (unpaired) electrons. The zero-order chi connectivity index (χ0) is 22.2. The summed E-state index contributed by atoms with van der Waals surface area (Å²) in [5.41, 5.74) is 0.362. The third kappa shape index (κ3) is 4.75. The Bertz CT molecular complexity index is 551. The summed E-state index contributed by atoms with van der Waals surface area (Å²) in [7, 11) is 0. The quantitative estimate of drug-likeness (QED) is 0.395. The highest BCUT2D eigenvalue weighted by atomic mass is 19.4. The maximum absolute atomic E-state index is 13.3. The van der Waals surface area contributed by atoms with Crippen molar-refractivity contribution in [3.05, 3.63) is 0 Å². The van der Waals surface area contributed by atoms with E-state index in [2.05, 4.69) is 20.8 Å². The molecule has 4 aliphatic rings. The Morgan fingerprint density at radius 2 is 1.47 bits per heavy atom. The van der Waals surface area contributed by atoms with Gasteiger partial charge in [0, 0.05) is 6.42 Å². The smallest absolute Gasteiger partial charge is 0.171 e. The van der Waals surface area contributed by atoms with Crippen LogP contribution in [0.3, 0.4) is 0 Å². The third-order valence-electron chi connectivity index (χ3n) is 10.1. The van der Waals surface area contributed by atoms with Gasteiger partial charge in [0.2, 0.25) is 0 Å². The van der Waals surface area contributed by atoms with E-state index in [0.717, 1.165) is 43.4 Å². The van der Waals surface area contributed by atoms with Gasteiger partial charge in [-0.15, -0.1) is 0 Å². The first-order valence-electron chi connectivity index (χ1n) is 13.2. The normalized spacial score (nSPS) is 43.4. The number of fused-ring (bicyclic) bond motifs is 3. The molecule has 0 spiro atoms. The zero-order valence-electron chi connectivity index (χ0n) is 20.3. The standard InChI is InChI=1S/C25H41F3.C2H6/c1-4-14-23(2)19(16-25(26,27)28)9-11-20-21-12-10-18(8-7-17-5-6-17)24(21,3)15-13-22(20)23;1-2/h17-22H,4-16H2,1-3H3;1-2H3/t18?,19?,20-,21?,22?,23?,24?;/m0./s1. The molecular formula is C27H47F3. The van der Waals surface area contributed by atoms with Gasteiger partial charge in [-0.1, -0.05) is 60.3 Å². The van der Waals surface area contributed by atoms with Gasteiger partial charge in [0.05, 0.1) is 0 Å². The summed E-state index contributed by atoms with van der Waals surface area (Å²) in [4.78, 5) is 0. The topological polar surface area (TPSA) is 0 Å². The molecular weight excluding hydrogens is 381 g/mol. The molecule has 0 aromatic rings. The molecule has 4 aliphatic carbocycles. The van der Waals surface area contributed by atoms with Crippen LogP contribution in [0, 0.1) is 46.3 Å². The van der Waals surface area contributed by atoms with Crippen molar-refractivity contribution in [2.45, 2.75) is 124 Å². The largest absolute Gasteiger partial charge is 0.389 e. The Hall–Kier alpha value is -0.210. The molecule has 0 aliphatic heterocycles. The minimum absolute atomic E-state index is 0.111. The van der Waals surface area contributed by atoms with Gasteiger partial charge in [-0.2, -0.15) is 13.2 Å². The summed E-state index contributed by atoms with van der Waals surface area (Å²) < 4.78 is 40.0. The maximum atomic E-state index is 13.3. The molecule has 30 heavy (non-hydrogen) atoms. The lowest BCUT2D eigenvalue weighted by molar-refractivity contribution is -0.177. The molecule has 0 heterocycles. The molecule has 4 fully saturated rings. The number of rotatable bonds is 6. The van der Waals surface area contributed by atoms with Gasteiger partial charge in [0.25, 0.3) is 0 Å². The summed E-state index contributed by atoms with van der Waals surface area (Å²) in [6.45, 7) is 11.0. The van der Waals surface area contributed by atoms with Crippen LogP contribution in [0.25, 0.3) is 0 Å². The fraction of sp³-hybridized carbons (Fsp3) is 1.00. The Kier molecular flexibility index (Phi) is 7.61. The summed E-state index contributed by atoms with van der Waals surface area (Å²) in [6.07, 6.45) is 10.2. The van der Waals surface area contributed by atoms with E-state index in [-0.39, 0.29) is 11.3 Å². The number of halogens is 3. The van der Waals surface area contributed by atoms with Gasteiger partial charge in [-0.25, -0.2) is 0 Å². The third-order valence-corrected chi connectivity index (χ3v) is 10.1. The van der Waals surface area contributed by atoms with E-state index in [0.29, 0.717) is 17.3 Å². The molecule has 6 unspecified atom stereocenters. The van der Waals surface area contributed by atoms with Crippen LogP contribution in [-0.2, 0) is 0 Å². The SMILES string of the molecule is CC.CCCC1(C)C(CC(F)(F)F)CC[C@H]2C3CCC(CCC4CC4)C3(C)CCC21. The van der Waals surface area contributed by atoms with Crippen molar-refractivity contribution >= 4 is 0 Å². The number of alkyl halides is 3. The average molecular weight is 429 g/mol. The lowest BCUT2D eigenvalue weighted by atomic mass is 9.46. The second kappa shape index (κ2) is 9.34. The van der Waals surface area contributed by atoms with E-state index in [1.165, 1.54) is 51.4 Å². The van der Waals surface area contributed by atoms with Crippen LogP contribution in [0.2, 0.25) is 0 Å². The van der Waals surface area contributed by atoms with Gasteiger partial charge in [0.15, 0.2) is 0 Å². The molecule has 176 valence electrons. The summed E-state index contributed by atoms with van der Waals surface area (Å²) in [6, 6.07) is 0. The Morgan fingerprint density at radius 1 is 0.800 bits per heavy atom. The first-order chi connectivity index (χ1) is 14.2. The molecule has 4 rings (SSSR count). The first kappa shape index (κ1) is 24.4. The van der Waals surface area contributed by atoms with Crippen LogP contribution in [-0.4, -0.2) is 6.18 Å². The van der Waals surface area contributed by atoms with Crippen LogP contribution in [0.15, 0.2) is 0 Å². The predicted octanol–water partition coefficient (Wildman–Crippen LogP) is 9.43.